The Morgan fingerprint density at radius 1 is 1.14 bits per heavy atom. The lowest BCUT2D eigenvalue weighted by atomic mass is 10.3. The molecule has 1 heterocycles. The Hall–Kier alpha value is -2.59. The second kappa shape index (κ2) is 9.27. The lowest BCUT2D eigenvalue weighted by Gasteiger charge is -2.11. The summed E-state index contributed by atoms with van der Waals surface area (Å²) in [5.74, 6) is -3.00. The molecular formula is C19H18F2N4O2S2. The number of hydrogen-bond donors (Lipinski definition) is 1. The summed E-state index contributed by atoms with van der Waals surface area (Å²) in [5.41, 5.74) is 1.71. The van der Waals surface area contributed by atoms with Gasteiger partial charge < -0.3 is 14.8 Å². The van der Waals surface area contributed by atoms with Gasteiger partial charge in [-0.1, -0.05) is 12.1 Å². The van der Waals surface area contributed by atoms with Crippen LogP contribution in [-0.4, -0.2) is 45.5 Å². The second-order valence-electron chi connectivity index (χ2n) is 6.18. The van der Waals surface area contributed by atoms with Crippen LogP contribution in [0.3, 0.4) is 0 Å². The van der Waals surface area contributed by atoms with E-state index in [1.54, 1.807) is 62.6 Å². The van der Waals surface area contributed by atoms with Crippen molar-refractivity contribution in [2.75, 3.05) is 19.4 Å². The molecular weight excluding hydrogens is 418 g/mol. The van der Waals surface area contributed by atoms with Gasteiger partial charge in [0.15, 0.2) is 5.16 Å². The maximum absolute atomic E-state index is 12.9. The van der Waals surface area contributed by atoms with Crippen molar-refractivity contribution in [3.8, 4) is 0 Å². The molecule has 10 heteroatoms. The van der Waals surface area contributed by atoms with Crippen LogP contribution in [0.4, 0.5) is 19.3 Å². The fourth-order valence-electron chi connectivity index (χ4n) is 2.52. The zero-order chi connectivity index (χ0) is 21.0. The third kappa shape index (κ3) is 5.48. The fourth-order valence-corrected chi connectivity index (χ4v) is 3.78. The maximum atomic E-state index is 12.9. The highest BCUT2D eigenvalue weighted by Crippen LogP contribution is 2.28. The zero-order valence-corrected chi connectivity index (χ0v) is 17.3. The van der Waals surface area contributed by atoms with Crippen LogP contribution in [0.15, 0.2) is 58.6 Å². The van der Waals surface area contributed by atoms with E-state index in [1.165, 1.54) is 9.47 Å². The van der Waals surface area contributed by atoms with E-state index in [-0.39, 0.29) is 22.8 Å². The van der Waals surface area contributed by atoms with Crippen molar-refractivity contribution in [3.63, 3.8) is 0 Å². The number of halogens is 2. The van der Waals surface area contributed by atoms with Gasteiger partial charge >= 0.3 is 0 Å². The van der Waals surface area contributed by atoms with E-state index in [0.29, 0.717) is 28.5 Å². The molecule has 1 N–H and O–H groups in total. The first kappa shape index (κ1) is 21.1. The number of anilines is 1. The van der Waals surface area contributed by atoms with Gasteiger partial charge in [0.2, 0.25) is 5.91 Å². The summed E-state index contributed by atoms with van der Waals surface area (Å²) in [6.07, 6.45) is 0. The van der Waals surface area contributed by atoms with Crippen molar-refractivity contribution in [2.24, 2.45) is 0 Å². The molecule has 0 radical (unpaired) electrons. The Kier molecular flexibility index (Phi) is 6.75. The molecule has 2 aromatic carbocycles. The summed E-state index contributed by atoms with van der Waals surface area (Å²) in [5, 5.41) is 2.73. The van der Waals surface area contributed by atoms with Crippen molar-refractivity contribution in [1.82, 2.24) is 14.5 Å². The van der Waals surface area contributed by atoms with E-state index in [2.05, 4.69) is 10.3 Å². The van der Waals surface area contributed by atoms with Crippen molar-refractivity contribution in [1.29, 1.82) is 0 Å². The van der Waals surface area contributed by atoms with Crippen molar-refractivity contribution < 1.29 is 18.4 Å². The number of amides is 2. The Bertz CT molecular complexity index is 1020. The van der Waals surface area contributed by atoms with Crippen LogP contribution in [0.25, 0.3) is 11.0 Å². The first-order chi connectivity index (χ1) is 13.8. The fraction of sp³-hybridized carbons (Fsp3) is 0.211. The average Bonchev–Trinajstić information content (AvgIpc) is 2.99. The molecule has 0 aliphatic rings. The number of imidazole rings is 1. The minimum Gasteiger partial charge on any atom is -0.339 e. The highest BCUT2D eigenvalue weighted by molar-refractivity contribution is 8.13. The van der Waals surface area contributed by atoms with Crippen molar-refractivity contribution in [2.45, 2.75) is 22.4 Å². The van der Waals surface area contributed by atoms with Gasteiger partial charge in [-0.25, -0.2) is 4.98 Å². The number of aromatic nitrogens is 2. The van der Waals surface area contributed by atoms with E-state index in [1.807, 2.05) is 0 Å². The summed E-state index contributed by atoms with van der Waals surface area (Å²) in [6, 6.07) is 13.8. The number of carbonyl (C=O) groups is 2. The Balaban J connectivity index is 1.71. The Morgan fingerprint density at radius 3 is 2.48 bits per heavy atom. The summed E-state index contributed by atoms with van der Waals surface area (Å²) in [4.78, 5) is 30.6. The van der Waals surface area contributed by atoms with Gasteiger partial charge in [0, 0.05) is 24.7 Å². The molecule has 3 rings (SSSR count). The number of nitrogens with one attached hydrogen (secondary N) is 1. The van der Waals surface area contributed by atoms with Crippen molar-refractivity contribution in [3.05, 3.63) is 48.5 Å². The van der Waals surface area contributed by atoms with Crippen LogP contribution < -0.4 is 5.32 Å². The summed E-state index contributed by atoms with van der Waals surface area (Å²) in [7, 11) is 3.34. The Morgan fingerprint density at radius 2 is 1.83 bits per heavy atom. The maximum Gasteiger partial charge on any atom is 0.291 e. The van der Waals surface area contributed by atoms with Crippen molar-refractivity contribution >= 4 is 51.4 Å². The van der Waals surface area contributed by atoms with Gasteiger partial charge in [0.1, 0.15) is 6.54 Å². The van der Waals surface area contributed by atoms with Crippen LogP contribution in [0.5, 0.6) is 0 Å². The molecule has 29 heavy (non-hydrogen) atoms. The van der Waals surface area contributed by atoms with Gasteiger partial charge in [-0.2, -0.15) is 8.78 Å². The van der Waals surface area contributed by atoms with Gasteiger partial charge in [0.25, 0.3) is 11.0 Å². The van der Waals surface area contributed by atoms with E-state index in [0.717, 1.165) is 16.7 Å². The molecule has 2 amide bonds. The second-order valence-corrected chi connectivity index (χ2v) is 8.16. The average molecular weight is 437 g/mol. The SMILES string of the molecule is CN(C)C(=O)Sc1ccc(NC(=O)Cn2c(SC(F)F)nc3ccccc32)cc1. The predicted molar refractivity (Wildman–Crippen MR) is 112 cm³/mol. The third-order valence-corrected chi connectivity index (χ3v) is 5.57. The van der Waals surface area contributed by atoms with Gasteiger partial charge in [0.05, 0.1) is 11.0 Å². The summed E-state index contributed by atoms with van der Waals surface area (Å²) in [6.45, 7) is -0.148. The lowest BCUT2D eigenvalue weighted by molar-refractivity contribution is -0.116. The number of hydrogen-bond acceptors (Lipinski definition) is 5. The number of alkyl halides is 2. The first-order valence-electron chi connectivity index (χ1n) is 8.52. The highest BCUT2D eigenvalue weighted by Gasteiger charge is 2.18. The lowest BCUT2D eigenvalue weighted by Crippen LogP contribution is -2.19. The van der Waals surface area contributed by atoms with Gasteiger partial charge in [-0.15, -0.1) is 0 Å². The molecule has 6 nitrogen and oxygen atoms in total. The normalized spacial score (nSPS) is 11.1. The summed E-state index contributed by atoms with van der Waals surface area (Å²) < 4.78 is 27.2. The molecule has 0 unspecified atom stereocenters. The van der Waals surface area contributed by atoms with E-state index in [4.69, 9.17) is 0 Å². The van der Waals surface area contributed by atoms with E-state index in [9.17, 15) is 18.4 Å². The van der Waals surface area contributed by atoms with E-state index < -0.39 is 5.76 Å². The van der Waals surface area contributed by atoms with Crippen LogP contribution in [0.2, 0.25) is 0 Å². The number of thioether (sulfide) groups is 2. The molecule has 0 aliphatic heterocycles. The molecule has 0 bridgehead atoms. The van der Waals surface area contributed by atoms with Crippen LogP contribution in [0, 0.1) is 0 Å². The highest BCUT2D eigenvalue weighted by atomic mass is 32.2. The van der Waals surface area contributed by atoms with Crippen LogP contribution >= 0.6 is 23.5 Å². The predicted octanol–water partition coefficient (Wildman–Crippen LogP) is 4.76. The molecule has 152 valence electrons. The number of carbonyl (C=O) groups excluding carboxylic acids is 2. The smallest absolute Gasteiger partial charge is 0.291 e. The van der Waals surface area contributed by atoms with Gasteiger partial charge in [-0.05, 0) is 59.9 Å². The number of rotatable bonds is 6. The van der Waals surface area contributed by atoms with E-state index >= 15 is 0 Å². The molecule has 3 aromatic rings. The Labute approximate surface area is 174 Å². The van der Waals surface area contributed by atoms with Crippen LogP contribution in [-0.2, 0) is 11.3 Å². The number of fused-ring (bicyclic) bond motifs is 1. The molecule has 0 aliphatic carbocycles. The molecule has 0 spiro atoms. The largest absolute Gasteiger partial charge is 0.339 e. The minimum absolute atomic E-state index is 0.0882. The number of nitrogens with zero attached hydrogens (tertiary/aromatic N) is 3. The van der Waals surface area contributed by atoms with Gasteiger partial charge in [-0.3, -0.25) is 9.59 Å². The standard InChI is InChI=1S/C19H18F2N4O2S2/c1-24(2)19(27)28-13-9-7-12(8-10-13)22-16(26)11-25-15-6-4-3-5-14(15)23-18(25)29-17(20)21/h3-10,17H,11H2,1-2H3,(H,22,26). The molecule has 0 saturated carbocycles. The zero-order valence-electron chi connectivity index (χ0n) is 15.6. The first-order valence-corrected chi connectivity index (χ1v) is 10.2. The molecule has 0 fully saturated rings. The number of para-hydroxylation sites is 2. The summed E-state index contributed by atoms with van der Waals surface area (Å²) >= 11 is 1.39. The topological polar surface area (TPSA) is 67.2 Å². The molecule has 0 saturated heterocycles. The molecule has 0 atom stereocenters. The quantitative estimate of drug-likeness (QED) is 0.564. The monoisotopic (exact) mass is 436 g/mol. The molecule has 1 aromatic heterocycles. The van der Waals surface area contributed by atoms with Crippen LogP contribution in [0.1, 0.15) is 0 Å². The third-order valence-electron chi connectivity index (χ3n) is 3.82. The number of benzene rings is 2. The minimum atomic E-state index is -2.64.